The zero-order valence-electron chi connectivity index (χ0n) is 13.7. The molecule has 0 aliphatic carbocycles. The van der Waals surface area contributed by atoms with Gasteiger partial charge in [0.25, 0.3) is 0 Å². The van der Waals surface area contributed by atoms with E-state index in [4.69, 9.17) is 11.6 Å². The summed E-state index contributed by atoms with van der Waals surface area (Å²) < 4.78 is 0. The first-order valence-corrected chi connectivity index (χ1v) is 8.28. The Bertz CT molecular complexity index is 521. The number of aryl methyl sites for hydroxylation is 1. The molecule has 0 bridgehead atoms. The number of halogens is 1. The molecular formula is C17H26ClN3O. The van der Waals surface area contributed by atoms with Crippen LogP contribution in [0.1, 0.15) is 24.8 Å². The predicted molar refractivity (Wildman–Crippen MR) is 92.6 cm³/mol. The SMILES string of the molecule is Cc1cc(NC(=O)CN(C)CC2CCCCN2C)ccc1Cl. The van der Waals surface area contributed by atoms with Crippen LogP contribution < -0.4 is 5.32 Å². The Morgan fingerprint density at radius 2 is 2.23 bits per heavy atom. The lowest BCUT2D eigenvalue weighted by atomic mass is 10.0. The van der Waals surface area contributed by atoms with Crippen LogP contribution in [0.2, 0.25) is 5.02 Å². The van der Waals surface area contributed by atoms with Gasteiger partial charge in [-0.25, -0.2) is 0 Å². The molecule has 0 saturated carbocycles. The van der Waals surface area contributed by atoms with Crippen LogP contribution in [0.15, 0.2) is 18.2 Å². The highest BCUT2D eigenvalue weighted by molar-refractivity contribution is 6.31. The molecule has 2 rings (SSSR count). The van der Waals surface area contributed by atoms with E-state index < -0.39 is 0 Å². The molecule has 0 aromatic heterocycles. The van der Waals surface area contributed by atoms with E-state index >= 15 is 0 Å². The number of nitrogens with one attached hydrogen (secondary N) is 1. The maximum absolute atomic E-state index is 12.1. The minimum Gasteiger partial charge on any atom is -0.325 e. The van der Waals surface area contributed by atoms with E-state index in [9.17, 15) is 4.79 Å². The molecule has 1 heterocycles. The summed E-state index contributed by atoms with van der Waals surface area (Å²) in [5.74, 6) is 0.0164. The van der Waals surface area contributed by atoms with E-state index in [2.05, 4.69) is 22.2 Å². The zero-order valence-corrected chi connectivity index (χ0v) is 14.5. The second-order valence-electron chi connectivity index (χ2n) is 6.34. The smallest absolute Gasteiger partial charge is 0.238 e. The Kier molecular flexibility index (Phi) is 6.24. The maximum Gasteiger partial charge on any atom is 0.238 e. The number of benzene rings is 1. The first-order chi connectivity index (χ1) is 10.5. The summed E-state index contributed by atoms with van der Waals surface area (Å²) in [6.45, 7) is 4.44. The van der Waals surface area contributed by atoms with Crippen molar-refractivity contribution in [2.45, 2.75) is 32.2 Å². The Hall–Kier alpha value is -1.10. The van der Waals surface area contributed by atoms with Gasteiger partial charge in [-0.2, -0.15) is 0 Å². The molecule has 122 valence electrons. The summed E-state index contributed by atoms with van der Waals surface area (Å²) in [7, 11) is 4.18. The number of carbonyl (C=O) groups is 1. The minimum absolute atomic E-state index is 0.0164. The highest BCUT2D eigenvalue weighted by Crippen LogP contribution is 2.19. The van der Waals surface area contributed by atoms with Gasteiger partial charge in [0.05, 0.1) is 6.54 Å². The molecule has 5 heteroatoms. The Morgan fingerprint density at radius 3 is 2.91 bits per heavy atom. The fraction of sp³-hybridized carbons (Fsp3) is 0.588. The number of anilines is 1. The van der Waals surface area contributed by atoms with Crippen LogP contribution in [0, 0.1) is 6.92 Å². The van der Waals surface area contributed by atoms with Crippen molar-refractivity contribution in [1.29, 1.82) is 0 Å². The molecule has 0 spiro atoms. The van der Waals surface area contributed by atoms with Crippen molar-refractivity contribution in [3.05, 3.63) is 28.8 Å². The number of piperidine rings is 1. The molecule has 1 saturated heterocycles. The predicted octanol–water partition coefficient (Wildman–Crippen LogP) is 3.00. The molecule has 0 radical (unpaired) electrons. The molecule has 1 aliphatic heterocycles. The van der Waals surface area contributed by atoms with Gasteiger partial charge in [-0.15, -0.1) is 0 Å². The average molecular weight is 324 g/mol. The first kappa shape index (κ1) is 17.3. The monoisotopic (exact) mass is 323 g/mol. The van der Waals surface area contributed by atoms with E-state index in [1.54, 1.807) is 0 Å². The summed E-state index contributed by atoms with van der Waals surface area (Å²) in [5.41, 5.74) is 1.77. The molecule has 1 aliphatic rings. The van der Waals surface area contributed by atoms with Crippen LogP contribution >= 0.6 is 11.6 Å². The van der Waals surface area contributed by atoms with Crippen molar-refractivity contribution in [2.75, 3.05) is 39.0 Å². The van der Waals surface area contributed by atoms with Gasteiger partial charge in [0, 0.05) is 23.3 Å². The topological polar surface area (TPSA) is 35.6 Å². The zero-order chi connectivity index (χ0) is 16.1. The molecule has 1 amide bonds. The van der Waals surface area contributed by atoms with Crippen LogP contribution in [-0.2, 0) is 4.79 Å². The van der Waals surface area contributed by atoms with Crippen LogP contribution in [0.3, 0.4) is 0 Å². The van der Waals surface area contributed by atoms with Gasteiger partial charge < -0.3 is 10.2 Å². The van der Waals surface area contributed by atoms with Crippen molar-refractivity contribution in [1.82, 2.24) is 9.80 Å². The van der Waals surface area contributed by atoms with Gasteiger partial charge in [-0.3, -0.25) is 9.69 Å². The molecule has 1 aromatic carbocycles. The van der Waals surface area contributed by atoms with E-state index in [-0.39, 0.29) is 5.91 Å². The molecule has 1 N–H and O–H groups in total. The van der Waals surface area contributed by atoms with E-state index in [0.29, 0.717) is 12.6 Å². The third kappa shape index (κ3) is 4.97. The average Bonchev–Trinajstić information content (AvgIpc) is 2.45. The fourth-order valence-electron chi connectivity index (χ4n) is 2.97. The molecule has 1 atom stereocenters. The number of hydrogen-bond acceptors (Lipinski definition) is 3. The quantitative estimate of drug-likeness (QED) is 0.904. The fourth-order valence-corrected chi connectivity index (χ4v) is 3.08. The third-order valence-corrected chi connectivity index (χ3v) is 4.72. The lowest BCUT2D eigenvalue weighted by molar-refractivity contribution is -0.117. The van der Waals surface area contributed by atoms with Crippen LogP contribution in [0.25, 0.3) is 0 Å². The second-order valence-corrected chi connectivity index (χ2v) is 6.75. The number of hydrogen-bond donors (Lipinski definition) is 1. The highest BCUT2D eigenvalue weighted by Gasteiger charge is 2.21. The van der Waals surface area contributed by atoms with E-state index in [0.717, 1.165) is 29.4 Å². The standard InChI is InChI=1S/C17H26ClN3O/c1-13-10-14(7-8-16(13)18)19-17(22)12-20(2)11-15-6-4-5-9-21(15)3/h7-8,10,15H,4-6,9,11-12H2,1-3H3,(H,19,22). The Balaban J connectivity index is 1.81. The van der Waals surface area contributed by atoms with Gasteiger partial charge >= 0.3 is 0 Å². The molecular weight excluding hydrogens is 298 g/mol. The summed E-state index contributed by atoms with van der Waals surface area (Å²) in [5, 5.41) is 3.65. The number of nitrogens with zero attached hydrogens (tertiary/aromatic N) is 2. The van der Waals surface area contributed by atoms with E-state index in [1.165, 1.54) is 19.3 Å². The largest absolute Gasteiger partial charge is 0.325 e. The highest BCUT2D eigenvalue weighted by atomic mass is 35.5. The molecule has 1 aromatic rings. The van der Waals surface area contributed by atoms with Crippen molar-refractivity contribution < 1.29 is 4.79 Å². The van der Waals surface area contributed by atoms with Crippen LogP contribution in [-0.4, -0.2) is 55.5 Å². The Morgan fingerprint density at radius 1 is 1.45 bits per heavy atom. The van der Waals surface area contributed by atoms with Gasteiger partial charge in [-0.05, 0) is 64.2 Å². The Labute approximate surface area is 138 Å². The lowest BCUT2D eigenvalue weighted by Crippen LogP contribution is -2.45. The number of amides is 1. The minimum atomic E-state index is 0.0164. The summed E-state index contributed by atoms with van der Waals surface area (Å²) in [6.07, 6.45) is 3.80. The van der Waals surface area contributed by atoms with Gasteiger partial charge in [-0.1, -0.05) is 18.0 Å². The van der Waals surface area contributed by atoms with Gasteiger partial charge in [0.1, 0.15) is 0 Å². The molecule has 1 fully saturated rings. The van der Waals surface area contributed by atoms with Gasteiger partial charge in [0.2, 0.25) is 5.91 Å². The maximum atomic E-state index is 12.1. The first-order valence-electron chi connectivity index (χ1n) is 7.90. The van der Waals surface area contributed by atoms with E-state index in [1.807, 2.05) is 32.2 Å². The van der Waals surface area contributed by atoms with Crippen molar-refractivity contribution in [3.8, 4) is 0 Å². The molecule has 1 unspecified atom stereocenters. The summed E-state index contributed by atoms with van der Waals surface area (Å²) in [6, 6.07) is 6.11. The van der Waals surface area contributed by atoms with Crippen LogP contribution in [0.4, 0.5) is 5.69 Å². The number of carbonyl (C=O) groups excluding carboxylic acids is 1. The number of likely N-dealkylation sites (tertiary alicyclic amines) is 1. The van der Waals surface area contributed by atoms with Crippen LogP contribution in [0.5, 0.6) is 0 Å². The van der Waals surface area contributed by atoms with Crippen molar-refractivity contribution in [2.24, 2.45) is 0 Å². The third-order valence-electron chi connectivity index (χ3n) is 4.30. The van der Waals surface area contributed by atoms with Gasteiger partial charge in [0.15, 0.2) is 0 Å². The second kappa shape index (κ2) is 7.95. The van der Waals surface area contributed by atoms with Crippen molar-refractivity contribution in [3.63, 3.8) is 0 Å². The lowest BCUT2D eigenvalue weighted by Gasteiger charge is -2.35. The normalized spacial score (nSPS) is 19.4. The summed E-state index contributed by atoms with van der Waals surface area (Å²) >= 11 is 6.00. The number of likely N-dealkylation sites (N-methyl/N-ethyl adjacent to an activating group) is 2. The van der Waals surface area contributed by atoms with Crippen molar-refractivity contribution >= 4 is 23.2 Å². The summed E-state index contributed by atoms with van der Waals surface area (Å²) in [4.78, 5) is 16.6. The molecule has 22 heavy (non-hydrogen) atoms. The number of rotatable bonds is 5. The molecule has 4 nitrogen and oxygen atoms in total.